The van der Waals surface area contributed by atoms with Gasteiger partial charge in [0, 0.05) is 23.4 Å². The van der Waals surface area contributed by atoms with Crippen LogP contribution in [0.3, 0.4) is 0 Å². The zero-order valence-electron chi connectivity index (χ0n) is 14.0. The van der Waals surface area contributed by atoms with Gasteiger partial charge in [0.1, 0.15) is 10.6 Å². The number of nitrogens with zero attached hydrogens (tertiary/aromatic N) is 1. The number of ether oxygens (including phenoxy) is 1. The normalized spacial score (nSPS) is 11.2. The van der Waals surface area contributed by atoms with Crippen LogP contribution in [0.25, 0.3) is 0 Å². The Morgan fingerprint density at radius 2 is 2.04 bits per heavy atom. The number of benzene rings is 1. The maximum atomic E-state index is 12.8. The summed E-state index contributed by atoms with van der Waals surface area (Å²) in [7, 11) is -2.25. The average Bonchev–Trinajstić information content (AvgIpc) is 2.59. The molecule has 0 fully saturated rings. The lowest BCUT2D eigenvalue weighted by Crippen LogP contribution is -2.24. The van der Waals surface area contributed by atoms with E-state index < -0.39 is 9.84 Å². The topological polar surface area (TPSA) is 85.4 Å². The summed E-state index contributed by atoms with van der Waals surface area (Å²) in [6.45, 7) is 2.50. The molecule has 1 N–H and O–H groups in total. The molecule has 8 heteroatoms. The first-order valence-electron chi connectivity index (χ1n) is 7.65. The molecular weight excluding hydrogens is 408 g/mol. The van der Waals surface area contributed by atoms with E-state index in [1.54, 1.807) is 18.2 Å². The largest absolute Gasteiger partial charge is 0.495 e. The first-order valence-corrected chi connectivity index (χ1v) is 10.1. The van der Waals surface area contributed by atoms with E-state index in [0.717, 1.165) is 6.42 Å². The van der Waals surface area contributed by atoms with Crippen molar-refractivity contribution in [2.45, 2.75) is 24.0 Å². The maximum absolute atomic E-state index is 12.8. The first-order chi connectivity index (χ1) is 11.9. The number of carbonyl (C=O) groups is 1. The number of hydrogen-bond donors (Lipinski definition) is 1. The molecule has 0 bridgehead atoms. The smallest absolute Gasteiger partial charge is 0.252 e. The predicted octanol–water partition coefficient (Wildman–Crippen LogP) is 2.97. The third-order valence-corrected chi connectivity index (χ3v) is 5.61. The monoisotopic (exact) mass is 426 g/mol. The number of rotatable bonds is 7. The molecule has 1 heterocycles. The van der Waals surface area contributed by atoms with Crippen molar-refractivity contribution in [3.63, 3.8) is 0 Å². The van der Waals surface area contributed by atoms with E-state index in [1.165, 1.54) is 25.6 Å². The van der Waals surface area contributed by atoms with Crippen LogP contribution >= 0.6 is 15.9 Å². The Hall–Kier alpha value is -1.93. The van der Waals surface area contributed by atoms with Crippen molar-refractivity contribution >= 4 is 31.7 Å². The zero-order chi connectivity index (χ0) is 18.4. The SMILES string of the molecule is CCCNC(=O)c1cncc(CS(=O)(=O)c2cc(Br)ccc2OC)c1. The lowest BCUT2D eigenvalue weighted by Gasteiger charge is -2.11. The van der Waals surface area contributed by atoms with E-state index in [2.05, 4.69) is 26.2 Å². The number of amides is 1. The van der Waals surface area contributed by atoms with Gasteiger partial charge in [-0.2, -0.15) is 0 Å². The Balaban J connectivity index is 2.30. The van der Waals surface area contributed by atoms with E-state index in [0.29, 0.717) is 22.1 Å². The van der Waals surface area contributed by atoms with E-state index in [-0.39, 0.29) is 22.3 Å². The van der Waals surface area contributed by atoms with Gasteiger partial charge in [-0.05, 0) is 36.2 Å². The molecule has 1 aromatic carbocycles. The molecule has 0 unspecified atom stereocenters. The first kappa shape index (κ1) is 19.4. The van der Waals surface area contributed by atoms with Crippen molar-refractivity contribution < 1.29 is 17.9 Å². The fourth-order valence-corrected chi connectivity index (χ4v) is 4.25. The van der Waals surface area contributed by atoms with Crippen molar-refractivity contribution in [1.82, 2.24) is 10.3 Å². The molecule has 0 spiro atoms. The second kappa shape index (κ2) is 8.44. The summed E-state index contributed by atoms with van der Waals surface area (Å²) < 4.78 is 31.3. The molecule has 0 radical (unpaired) electrons. The molecule has 0 saturated heterocycles. The van der Waals surface area contributed by atoms with Crippen LogP contribution in [-0.2, 0) is 15.6 Å². The Morgan fingerprint density at radius 1 is 1.28 bits per heavy atom. The third kappa shape index (κ3) is 5.02. The highest BCUT2D eigenvalue weighted by Crippen LogP contribution is 2.29. The molecule has 6 nitrogen and oxygen atoms in total. The number of methoxy groups -OCH3 is 1. The van der Waals surface area contributed by atoms with E-state index >= 15 is 0 Å². The van der Waals surface area contributed by atoms with Gasteiger partial charge in [-0.15, -0.1) is 0 Å². The number of hydrogen-bond acceptors (Lipinski definition) is 5. The van der Waals surface area contributed by atoms with Crippen molar-refractivity contribution in [2.75, 3.05) is 13.7 Å². The van der Waals surface area contributed by atoms with Crippen LogP contribution in [0.15, 0.2) is 46.0 Å². The standard InChI is InChI=1S/C17H19BrN2O4S/c1-3-6-20-17(21)13-7-12(9-19-10-13)11-25(22,23)16-8-14(18)4-5-15(16)24-2/h4-5,7-10H,3,6,11H2,1-2H3,(H,20,21). The Labute approximate surface area is 155 Å². The molecule has 2 aromatic rings. The molecular formula is C17H19BrN2O4S. The molecule has 2 rings (SSSR count). The van der Waals surface area contributed by atoms with E-state index in [9.17, 15) is 13.2 Å². The summed E-state index contributed by atoms with van der Waals surface area (Å²) in [6.07, 6.45) is 3.68. The lowest BCUT2D eigenvalue weighted by molar-refractivity contribution is 0.0953. The number of nitrogens with one attached hydrogen (secondary N) is 1. The highest BCUT2D eigenvalue weighted by molar-refractivity contribution is 9.10. The highest BCUT2D eigenvalue weighted by Gasteiger charge is 2.21. The Kier molecular flexibility index (Phi) is 6.55. The van der Waals surface area contributed by atoms with Crippen LogP contribution in [0.5, 0.6) is 5.75 Å². The minimum atomic E-state index is -3.66. The number of halogens is 1. The molecule has 1 amide bonds. The minimum Gasteiger partial charge on any atom is -0.495 e. The third-order valence-electron chi connectivity index (χ3n) is 3.41. The Bertz CT molecular complexity index is 869. The summed E-state index contributed by atoms with van der Waals surface area (Å²) >= 11 is 3.27. The van der Waals surface area contributed by atoms with Gasteiger partial charge in [0.25, 0.3) is 5.91 Å². The van der Waals surface area contributed by atoms with Gasteiger partial charge < -0.3 is 10.1 Å². The fourth-order valence-electron chi connectivity index (χ4n) is 2.22. The van der Waals surface area contributed by atoms with E-state index in [1.807, 2.05) is 6.92 Å². The van der Waals surface area contributed by atoms with Gasteiger partial charge in [0.2, 0.25) is 0 Å². The number of sulfone groups is 1. The number of pyridine rings is 1. The van der Waals surface area contributed by atoms with Crippen LogP contribution in [-0.4, -0.2) is 33.0 Å². The van der Waals surface area contributed by atoms with Gasteiger partial charge in [0.05, 0.1) is 18.4 Å². The summed E-state index contributed by atoms with van der Waals surface area (Å²) in [5.41, 5.74) is 0.772. The summed E-state index contributed by atoms with van der Waals surface area (Å²) in [4.78, 5) is 16.1. The second-order valence-electron chi connectivity index (χ2n) is 5.39. The summed E-state index contributed by atoms with van der Waals surface area (Å²) in [5, 5.41) is 2.74. The highest BCUT2D eigenvalue weighted by atomic mass is 79.9. The van der Waals surface area contributed by atoms with Crippen molar-refractivity contribution in [3.8, 4) is 5.75 Å². The van der Waals surface area contributed by atoms with Crippen molar-refractivity contribution in [3.05, 3.63) is 52.3 Å². The van der Waals surface area contributed by atoms with Crippen LogP contribution < -0.4 is 10.1 Å². The van der Waals surface area contributed by atoms with Crippen molar-refractivity contribution in [1.29, 1.82) is 0 Å². The molecule has 25 heavy (non-hydrogen) atoms. The van der Waals surface area contributed by atoms with Gasteiger partial charge >= 0.3 is 0 Å². The summed E-state index contributed by atoms with van der Waals surface area (Å²) in [5.74, 6) is -0.275. The van der Waals surface area contributed by atoms with Crippen LogP contribution in [0.2, 0.25) is 0 Å². The summed E-state index contributed by atoms with van der Waals surface area (Å²) in [6, 6.07) is 6.33. The molecule has 0 aliphatic heterocycles. The van der Waals surface area contributed by atoms with Crippen LogP contribution in [0.4, 0.5) is 0 Å². The molecule has 134 valence electrons. The number of aromatic nitrogens is 1. The zero-order valence-corrected chi connectivity index (χ0v) is 16.4. The van der Waals surface area contributed by atoms with Gasteiger partial charge in [-0.1, -0.05) is 22.9 Å². The average molecular weight is 427 g/mol. The lowest BCUT2D eigenvalue weighted by atomic mass is 10.2. The Morgan fingerprint density at radius 3 is 2.72 bits per heavy atom. The van der Waals surface area contributed by atoms with Gasteiger partial charge in [-0.3, -0.25) is 9.78 Å². The fraction of sp³-hybridized carbons (Fsp3) is 0.294. The molecule has 1 aromatic heterocycles. The van der Waals surface area contributed by atoms with Gasteiger partial charge in [-0.25, -0.2) is 8.42 Å². The molecule has 0 atom stereocenters. The quantitative estimate of drug-likeness (QED) is 0.735. The molecule has 0 aliphatic carbocycles. The number of carbonyl (C=O) groups excluding carboxylic acids is 1. The minimum absolute atomic E-state index is 0.0882. The molecule has 0 saturated carbocycles. The van der Waals surface area contributed by atoms with Crippen molar-refractivity contribution in [2.24, 2.45) is 0 Å². The van der Waals surface area contributed by atoms with Crippen LogP contribution in [0.1, 0.15) is 29.3 Å². The maximum Gasteiger partial charge on any atom is 0.252 e. The van der Waals surface area contributed by atoms with Crippen LogP contribution in [0, 0.1) is 0 Å². The van der Waals surface area contributed by atoms with E-state index in [4.69, 9.17) is 4.74 Å². The second-order valence-corrected chi connectivity index (χ2v) is 8.27. The predicted molar refractivity (Wildman–Crippen MR) is 98.4 cm³/mol. The van der Waals surface area contributed by atoms with Gasteiger partial charge in [0.15, 0.2) is 9.84 Å². The molecule has 0 aliphatic rings.